The standard InChI is InChI=1S/C35H48NO4.BrH/c1-34(2,3)27-35(4,5)30-15-19-31(20-16-30)39-24-23-38-22-21-36(6,7)25-28-13-17-32(18-14-28)40-26-33(37)29-11-9-8-10-12-29;/h8-20H,21-27H2,1-7H3;1H/q+1;/p-1. The van der Waals surface area contributed by atoms with Crippen LogP contribution < -0.4 is 26.5 Å². The molecule has 5 nitrogen and oxygen atoms in total. The Labute approximate surface area is 258 Å². The molecule has 0 fully saturated rings. The molecule has 0 aliphatic heterocycles. The van der Waals surface area contributed by atoms with E-state index in [0.717, 1.165) is 29.7 Å². The van der Waals surface area contributed by atoms with Crippen molar-refractivity contribution in [2.75, 3.05) is 47.1 Å². The molecule has 0 bridgehead atoms. The molecule has 6 heteroatoms. The summed E-state index contributed by atoms with van der Waals surface area (Å²) in [5, 5.41) is 0. The fraction of sp³-hybridized carbons (Fsp3) is 0.457. The van der Waals surface area contributed by atoms with Gasteiger partial charge in [0.1, 0.15) is 31.2 Å². The number of ether oxygens (including phenoxy) is 3. The summed E-state index contributed by atoms with van der Waals surface area (Å²) in [6.45, 7) is 15.0. The zero-order valence-corrected chi connectivity index (χ0v) is 27.5. The fourth-order valence-electron chi connectivity index (χ4n) is 5.18. The van der Waals surface area contributed by atoms with Crippen LogP contribution in [0.4, 0.5) is 0 Å². The van der Waals surface area contributed by atoms with Gasteiger partial charge in [0.15, 0.2) is 12.4 Å². The maximum atomic E-state index is 12.2. The van der Waals surface area contributed by atoms with E-state index >= 15 is 0 Å². The number of hydrogen-bond acceptors (Lipinski definition) is 4. The molecule has 0 radical (unpaired) electrons. The van der Waals surface area contributed by atoms with Gasteiger partial charge >= 0.3 is 0 Å². The van der Waals surface area contributed by atoms with Gasteiger partial charge in [0.05, 0.1) is 27.3 Å². The number of halogens is 1. The fourth-order valence-corrected chi connectivity index (χ4v) is 5.18. The molecule has 0 saturated heterocycles. The van der Waals surface area contributed by atoms with Gasteiger partial charge in [-0.2, -0.15) is 0 Å². The number of carbonyl (C=O) groups is 1. The second kappa shape index (κ2) is 15.5. The van der Waals surface area contributed by atoms with E-state index in [2.05, 4.69) is 85.1 Å². The summed E-state index contributed by atoms with van der Waals surface area (Å²) in [5.41, 5.74) is 3.63. The maximum Gasteiger partial charge on any atom is 0.200 e. The molecule has 0 aliphatic rings. The minimum Gasteiger partial charge on any atom is -1.00 e. The second-order valence-corrected chi connectivity index (χ2v) is 13.1. The molecule has 0 saturated carbocycles. The molecule has 0 heterocycles. The highest BCUT2D eigenvalue weighted by molar-refractivity contribution is 5.97. The average molecular weight is 627 g/mol. The van der Waals surface area contributed by atoms with Crippen LogP contribution in [0.3, 0.4) is 0 Å². The van der Waals surface area contributed by atoms with Gasteiger partial charge in [-0.1, -0.05) is 77.1 Å². The van der Waals surface area contributed by atoms with Crippen molar-refractivity contribution in [3.63, 3.8) is 0 Å². The molecule has 0 atom stereocenters. The van der Waals surface area contributed by atoms with Crippen LogP contribution >= 0.6 is 0 Å². The highest BCUT2D eigenvalue weighted by Gasteiger charge is 2.27. The number of quaternary nitrogens is 1. The first-order valence-corrected chi connectivity index (χ1v) is 14.3. The number of nitrogens with zero attached hydrogens (tertiary/aromatic N) is 1. The predicted octanol–water partition coefficient (Wildman–Crippen LogP) is 4.34. The summed E-state index contributed by atoms with van der Waals surface area (Å²) >= 11 is 0. The van der Waals surface area contributed by atoms with Crippen LogP contribution in [0.15, 0.2) is 78.9 Å². The third-order valence-electron chi connectivity index (χ3n) is 6.95. The lowest BCUT2D eigenvalue weighted by Gasteiger charge is -2.33. The van der Waals surface area contributed by atoms with Gasteiger partial charge < -0.3 is 35.7 Å². The van der Waals surface area contributed by atoms with Gasteiger partial charge in [0.25, 0.3) is 0 Å². The van der Waals surface area contributed by atoms with Crippen molar-refractivity contribution in [1.82, 2.24) is 0 Å². The van der Waals surface area contributed by atoms with Crippen LogP contribution in [0.25, 0.3) is 0 Å². The van der Waals surface area contributed by atoms with Gasteiger partial charge in [-0.05, 0) is 59.2 Å². The molecule has 41 heavy (non-hydrogen) atoms. The molecule has 0 unspecified atom stereocenters. The van der Waals surface area contributed by atoms with E-state index in [1.54, 1.807) is 12.1 Å². The third-order valence-corrected chi connectivity index (χ3v) is 6.95. The van der Waals surface area contributed by atoms with E-state index in [1.807, 2.05) is 30.3 Å². The Morgan fingerprint density at radius 3 is 1.93 bits per heavy atom. The summed E-state index contributed by atoms with van der Waals surface area (Å²) < 4.78 is 18.3. The Hall–Kier alpha value is -2.67. The van der Waals surface area contributed by atoms with Gasteiger partial charge in [0, 0.05) is 11.1 Å². The molecule has 3 aromatic rings. The lowest BCUT2D eigenvalue weighted by Crippen LogP contribution is -3.00. The zero-order valence-electron chi connectivity index (χ0n) is 25.9. The largest absolute Gasteiger partial charge is 1.00 e. The minimum atomic E-state index is -0.0265. The van der Waals surface area contributed by atoms with Crippen molar-refractivity contribution in [2.24, 2.45) is 5.41 Å². The third kappa shape index (κ3) is 12.4. The first-order valence-electron chi connectivity index (χ1n) is 14.3. The van der Waals surface area contributed by atoms with Crippen molar-refractivity contribution in [1.29, 1.82) is 0 Å². The Morgan fingerprint density at radius 2 is 1.32 bits per heavy atom. The molecule has 0 amide bonds. The van der Waals surface area contributed by atoms with Gasteiger partial charge in [-0.25, -0.2) is 0 Å². The van der Waals surface area contributed by atoms with E-state index in [0.29, 0.717) is 31.1 Å². The van der Waals surface area contributed by atoms with Crippen LogP contribution in [0.1, 0.15) is 62.5 Å². The Balaban J connectivity index is 0.00000588. The quantitative estimate of drug-likeness (QED) is 0.143. The highest BCUT2D eigenvalue weighted by atomic mass is 79.9. The van der Waals surface area contributed by atoms with Crippen LogP contribution in [0, 0.1) is 5.41 Å². The maximum absolute atomic E-state index is 12.2. The molecule has 3 rings (SSSR count). The monoisotopic (exact) mass is 625 g/mol. The molecule has 0 N–H and O–H groups in total. The lowest BCUT2D eigenvalue weighted by atomic mass is 9.72. The molecule has 0 spiro atoms. The number of benzene rings is 3. The summed E-state index contributed by atoms with van der Waals surface area (Å²) in [5.74, 6) is 1.55. The molecular weight excluding hydrogens is 578 g/mol. The predicted molar refractivity (Wildman–Crippen MR) is 163 cm³/mol. The van der Waals surface area contributed by atoms with Gasteiger partial charge in [-0.15, -0.1) is 0 Å². The van der Waals surface area contributed by atoms with Crippen molar-refractivity contribution in [3.05, 3.63) is 95.6 Å². The van der Waals surface area contributed by atoms with E-state index < -0.39 is 0 Å². The summed E-state index contributed by atoms with van der Waals surface area (Å²) in [7, 11) is 4.40. The van der Waals surface area contributed by atoms with E-state index in [1.165, 1.54) is 11.1 Å². The highest BCUT2D eigenvalue weighted by Crippen LogP contribution is 2.36. The number of rotatable bonds is 15. The molecule has 0 aliphatic carbocycles. The number of Topliss-reactive ketones (excluding diaryl/α,β-unsaturated/α-hetero) is 1. The summed E-state index contributed by atoms with van der Waals surface area (Å²) in [6.07, 6.45) is 1.12. The smallest absolute Gasteiger partial charge is 0.200 e. The molecule has 3 aromatic carbocycles. The van der Waals surface area contributed by atoms with Crippen molar-refractivity contribution >= 4 is 5.78 Å². The van der Waals surface area contributed by atoms with Crippen LogP contribution in [0.2, 0.25) is 0 Å². The molecule has 224 valence electrons. The number of ketones is 1. The van der Waals surface area contributed by atoms with Crippen LogP contribution in [-0.4, -0.2) is 57.3 Å². The topological polar surface area (TPSA) is 44.8 Å². The summed E-state index contributed by atoms with van der Waals surface area (Å²) in [4.78, 5) is 12.2. The average Bonchev–Trinajstić information content (AvgIpc) is 2.89. The SMILES string of the molecule is CC(C)(C)CC(C)(C)c1ccc(OCCOCC[N+](C)(C)Cc2ccc(OCC(=O)c3ccccc3)cc2)cc1.[Br-]. The lowest BCUT2D eigenvalue weighted by molar-refractivity contribution is -0.904. The first kappa shape index (κ1) is 34.5. The van der Waals surface area contributed by atoms with Crippen molar-refractivity contribution in [3.8, 4) is 11.5 Å². The van der Waals surface area contributed by atoms with Gasteiger partial charge in [0.2, 0.25) is 0 Å². The normalized spacial score (nSPS) is 12.0. The van der Waals surface area contributed by atoms with Crippen LogP contribution in [-0.2, 0) is 16.7 Å². The van der Waals surface area contributed by atoms with E-state index in [9.17, 15) is 4.79 Å². The Morgan fingerprint density at radius 1 is 0.732 bits per heavy atom. The Bertz CT molecular complexity index is 1180. The molecule has 0 aromatic heterocycles. The number of hydrogen-bond donors (Lipinski definition) is 0. The Kier molecular flexibility index (Phi) is 13.1. The zero-order chi connectivity index (χ0) is 29.2. The minimum absolute atomic E-state index is 0. The van der Waals surface area contributed by atoms with Gasteiger partial charge in [-0.3, -0.25) is 4.79 Å². The summed E-state index contributed by atoms with van der Waals surface area (Å²) in [6, 6.07) is 25.7. The van der Waals surface area contributed by atoms with Crippen molar-refractivity contribution in [2.45, 2.75) is 53.0 Å². The molecular formula is C35H48BrNO4. The number of carbonyl (C=O) groups excluding carboxylic acids is 1. The van der Waals surface area contributed by atoms with Crippen molar-refractivity contribution < 1.29 is 40.5 Å². The van der Waals surface area contributed by atoms with E-state index in [-0.39, 0.29) is 40.2 Å². The number of likely N-dealkylation sites (N-methyl/N-ethyl adjacent to an activating group) is 1. The second-order valence-electron chi connectivity index (χ2n) is 13.1. The first-order chi connectivity index (χ1) is 18.8. The van der Waals surface area contributed by atoms with Crippen LogP contribution in [0.5, 0.6) is 11.5 Å². The van der Waals surface area contributed by atoms with E-state index in [4.69, 9.17) is 14.2 Å².